The lowest BCUT2D eigenvalue weighted by molar-refractivity contribution is -0.117. The monoisotopic (exact) mass is 382 g/mol. The van der Waals surface area contributed by atoms with Crippen LogP contribution in [0.25, 0.3) is 11.0 Å². The van der Waals surface area contributed by atoms with Gasteiger partial charge in [0.15, 0.2) is 0 Å². The molecule has 0 atom stereocenters. The Balaban J connectivity index is 0.00000192. The van der Waals surface area contributed by atoms with E-state index < -0.39 is 0 Å². The molecule has 0 saturated carbocycles. The van der Waals surface area contributed by atoms with E-state index in [1.165, 1.54) is 0 Å². The normalized spacial score (nSPS) is 15.5. The van der Waals surface area contributed by atoms with Gasteiger partial charge in [0, 0.05) is 26.2 Å². The van der Waals surface area contributed by atoms with Crippen LogP contribution >= 0.6 is 17.0 Å². The predicted molar refractivity (Wildman–Crippen MR) is 94.0 cm³/mol. The van der Waals surface area contributed by atoms with Crippen molar-refractivity contribution in [3.05, 3.63) is 29.9 Å². The van der Waals surface area contributed by atoms with Crippen molar-refractivity contribution in [2.45, 2.75) is 20.0 Å². The summed E-state index contributed by atoms with van der Waals surface area (Å²) < 4.78 is 9.15. The molecule has 3 rings (SSSR count). The number of hydrogen-bond acceptors (Lipinski definition) is 4. The zero-order valence-electron chi connectivity index (χ0n) is 13.3. The van der Waals surface area contributed by atoms with E-state index in [1.807, 2.05) is 28.8 Å². The van der Waals surface area contributed by atoms with Gasteiger partial charge in [0.05, 0.1) is 30.8 Å². The Hall–Kier alpha value is -1.44. The van der Waals surface area contributed by atoms with E-state index in [2.05, 4.69) is 4.90 Å². The van der Waals surface area contributed by atoms with E-state index in [0.717, 1.165) is 50.4 Å². The quantitative estimate of drug-likeness (QED) is 0.850. The molecule has 6 nitrogen and oxygen atoms in total. The lowest BCUT2D eigenvalue weighted by atomic mass is 10.3. The van der Waals surface area contributed by atoms with Gasteiger partial charge in [0.2, 0.25) is 5.62 Å². The molecule has 7 heteroatoms. The van der Waals surface area contributed by atoms with Gasteiger partial charge in [-0.3, -0.25) is 15.1 Å². The molecule has 23 heavy (non-hydrogen) atoms. The number of ether oxygens (including phenoxy) is 1. The maximum atomic E-state index is 11.5. The first kappa shape index (κ1) is 17.9. The molecule has 126 valence electrons. The molecule has 1 aromatic carbocycles. The highest BCUT2D eigenvalue weighted by atomic mass is 79.9. The number of Topliss-reactive ketones (excluding diaryl/α,β-unsaturated/α-hetero) is 1. The van der Waals surface area contributed by atoms with Gasteiger partial charge in [0.25, 0.3) is 0 Å². The third-order valence-corrected chi connectivity index (χ3v) is 4.10. The predicted octanol–water partition coefficient (Wildman–Crippen LogP) is 1.42. The molecule has 0 spiro atoms. The summed E-state index contributed by atoms with van der Waals surface area (Å²) in [7, 11) is 0. The van der Waals surface area contributed by atoms with Crippen LogP contribution in [0.1, 0.15) is 6.92 Å². The fourth-order valence-electron chi connectivity index (χ4n) is 2.97. The molecule has 0 unspecified atom stereocenters. The highest BCUT2D eigenvalue weighted by Crippen LogP contribution is 2.13. The Morgan fingerprint density at radius 2 is 1.74 bits per heavy atom. The number of halogens is 1. The molecule has 0 bridgehead atoms. The second kappa shape index (κ2) is 7.90. The number of benzene rings is 1. The van der Waals surface area contributed by atoms with Crippen LogP contribution in [0.5, 0.6) is 0 Å². The number of para-hydroxylation sites is 2. The molecule has 1 fully saturated rings. The largest absolute Gasteiger partial charge is 0.379 e. The maximum Gasteiger partial charge on any atom is 0.203 e. The van der Waals surface area contributed by atoms with Crippen LogP contribution in [0.3, 0.4) is 0 Å². The number of ketones is 1. The first-order chi connectivity index (χ1) is 10.7. The highest BCUT2D eigenvalue weighted by Gasteiger charge is 2.14. The van der Waals surface area contributed by atoms with Crippen molar-refractivity contribution in [1.82, 2.24) is 14.0 Å². The van der Waals surface area contributed by atoms with Crippen LogP contribution in [0, 0.1) is 5.41 Å². The van der Waals surface area contributed by atoms with Gasteiger partial charge in [-0.2, -0.15) is 0 Å². The summed E-state index contributed by atoms with van der Waals surface area (Å²) in [6.07, 6.45) is 0. The number of rotatable bonds is 5. The molecule has 2 aromatic rings. The van der Waals surface area contributed by atoms with Crippen LogP contribution in [0.15, 0.2) is 24.3 Å². The summed E-state index contributed by atoms with van der Waals surface area (Å²) >= 11 is 0. The number of morpholine rings is 1. The van der Waals surface area contributed by atoms with Gasteiger partial charge < -0.3 is 13.9 Å². The number of aromatic nitrogens is 2. The van der Waals surface area contributed by atoms with Crippen LogP contribution in [-0.4, -0.2) is 52.7 Å². The zero-order chi connectivity index (χ0) is 15.5. The summed E-state index contributed by atoms with van der Waals surface area (Å²) in [6, 6.07) is 7.92. The van der Waals surface area contributed by atoms with Crippen LogP contribution in [-0.2, 0) is 22.6 Å². The van der Waals surface area contributed by atoms with Crippen LogP contribution < -0.4 is 5.62 Å². The van der Waals surface area contributed by atoms with Crippen molar-refractivity contribution in [1.29, 1.82) is 5.41 Å². The topological polar surface area (TPSA) is 63.2 Å². The van der Waals surface area contributed by atoms with Crippen molar-refractivity contribution in [3.8, 4) is 0 Å². The molecule has 0 radical (unpaired) electrons. The minimum atomic E-state index is 0. The van der Waals surface area contributed by atoms with Crippen LogP contribution in [0.4, 0.5) is 0 Å². The Kier molecular flexibility index (Phi) is 6.15. The van der Waals surface area contributed by atoms with Gasteiger partial charge in [-0.25, -0.2) is 0 Å². The Bertz CT molecular complexity index is 731. The third kappa shape index (κ3) is 3.91. The summed E-state index contributed by atoms with van der Waals surface area (Å²) in [6.45, 7) is 6.92. The first-order valence-corrected chi connectivity index (χ1v) is 7.69. The van der Waals surface area contributed by atoms with E-state index in [4.69, 9.17) is 10.1 Å². The van der Waals surface area contributed by atoms with Gasteiger partial charge in [-0.05, 0) is 19.1 Å². The standard InChI is InChI=1S/C16H22N4O2.BrH/c1-13(21)12-20-15-5-3-2-4-14(15)19(16(20)17)7-6-18-8-10-22-11-9-18;/h2-5,17H,6-12H2,1H3;1H. The van der Waals surface area contributed by atoms with Gasteiger partial charge >= 0.3 is 0 Å². The fourth-order valence-corrected chi connectivity index (χ4v) is 2.97. The number of nitrogens with zero attached hydrogens (tertiary/aromatic N) is 3. The number of carbonyl (C=O) groups is 1. The summed E-state index contributed by atoms with van der Waals surface area (Å²) in [5, 5.41) is 8.42. The molecule has 1 aliphatic heterocycles. The van der Waals surface area contributed by atoms with Crippen LogP contribution in [0.2, 0.25) is 0 Å². The zero-order valence-corrected chi connectivity index (χ0v) is 15.0. The minimum Gasteiger partial charge on any atom is -0.379 e. The second-order valence-electron chi connectivity index (χ2n) is 5.71. The van der Waals surface area contributed by atoms with Crippen molar-refractivity contribution < 1.29 is 9.53 Å². The maximum absolute atomic E-state index is 11.5. The van der Waals surface area contributed by atoms with Crippen molar-refractivity contribution >= 4 is 33.8 Å². The second-order valence-corrected chi connectivity index (χ2v) is 5.71. The van der Waals surface area contributed by atoms with Gasteiger partial charge in [-0.1, -0.05) is 12.1 Å². The number of fused-ring (bicyclic) bond motifs is 1. The molecule has 1 aromatic heterocycles. The van der Waals surface area contributed by atoms with E-state index in [9.17, 15) is 4.79 Å². The molecule has 0 amide bonds. The van der Waals surface area contributed by atoms with Crippen molar-refractivity contribution in [3.63, 3.8) is 0 Å². The molecule has 0 aliphatic carbocycles. The molecule has 2 heterocycles. The third-order valence-electron chi connectivity index (χ3n) is 4.10. The van der Waals surface area contributed by atoms with Crippen molar-refractivity contribution in [2.75, 3.05) is 32.8 Å². The first-order valence-electron chi connectivity index (χ1n) is 7.69. The van der Waals surface area contributed by atoms with Crippen molar-refractivity contribution in [2.24, 2.45) is 0 Å². The number of nitrogens with one attached hydrogen (secondary N) is 1. The number of carbonyl (C=O) groups excluding carboxylic acids is 1. The smallest absolute Gasteiger partial charge is 0.203 e. The molecular weight excluding hydrogens is 360 g/mol. The van der Waals surface area contributed by atoms with E-state index in [-0.39, 0.29) is 29.3 Å². The fraction of sp³-hybridized carbons (Fsp3) is 0.500. The number of hydrogen-bond donors (Lipinski definition) is 1. The molecule has 1 aliphatic rings. The molecule has 1 saturated heterocycles. The lowest BCUT2D eigenvalue weighted by Crippen LogP contribution is -2.39. The average molecular weight is 383 g/mol. The summed E-state index contributed by atoms with van der Waals surface area (Å²) in [4.78, 5) is 13.8. The lowest BCUT2D eigenvalue weighted by Gasteiger charge is -2.26. The number of imidazole rings is 1. The average Bonchev–Trinajstić information content (AvgIpc) is 2.78. The summed E-state index contributed by atoms with van der Waals surface area (Å²) in [5.74, 6) is 0.0644. The molecular formula is C16H23BrN4O2. The van der Waals surface area contributed by atoms with E-state index in [0.29, 0.717) is 5.62 Å². The SMILES string of the molecule is Br.CC(=O)Cn1c(=N)n(CCN2CCOCC2)c2ccccc21. The van der Waals surface area contributed by atoms with Gasteiger partial charge in [-0.15, -0.1) is 17.0 Å². The minimum absolute atomic E-state index is 0. The van der Waals surface area contributed by atoms with E-state index >= 15 is 0 Å². The van der Waals surface area contributed by atoms with Gasteiger partial charge in [0.1, 0.15) is 5.78 Å². The summed E-state index contributed by atoms with van der Waals surface area (Å²) in [5.41, 5.74) is 2.36. The Morgan fingerprint density at radius 1 is 1.13 bits per heavy atom. The highest BCUT2D eigenvalue weighted by molar-refractivity contribution is 8.93. The Morgan fingerprint density at radius 3 is 2.35 bits per heavy atom. The Labute approximate surface area is 145 Å². The molecule has 1 N–H and O–H groups in total. The van der Waals surface area contributed by atoms with E-state index in [1.54, 1.807) is 11.5 Å².